The third-order valence-electron chi connectivity index (χ3n) is 1.80. The van der Waals surface area contributed by atoms with E-state index in [1.165, 1.54) is 0 Å². The van der Waals surface area contributed by atoms with E-state index in [1.807, 2.05) is 24.3 Å². The number of nitrogens with two attached hydrogens (primary N) is 1. The van der Waals surface area contributed by atoms with Gasteiger partial charge in [0.2, 0.25) is 0 Å². The van der Waals surface area contributed by atoms with Gasteiger partial charge in [-0.05, 0) is 17.7 Å². The lowest BCUT2D eigenvalue weighted by molar-refractivity contribution is 0.750. The molecule has 0 saturated carbocycles. The van der Waals surface area contributed by atoms with Gasteiger partial charge in [-0.1, -0.05) is 12.1 Å². The maximum atomic E-state index is 5.52. The molecule has 4 heteroatoms. The lowest BCUT2D eigenvalue weighted by Gasteiger charge is -2.01. The van der Waals surface area contributed by atoms with Crippen LogP contribution in [0.25, 0.3) is 5.69 Å². The van der Waals surface area contributed by atoms with Gasteiger partial charge < -0.3 is 5.73 Å². The van der Waals surface area contributed by atoms with Gasteiger partial charge in [0.15, 0.2) is 0 Å². The molecule has 2 N–H and O–H groups in total. The summed E-state index contributed by atoms with van der Waals surface area (Å²) < 4.78 is 0. The van der Waals surface area contributed by atoms with Crippen molar-refractivity contribution in [2.24, 2.45) is 5.73 Å². The SMILES string of the molecule is NCc1cccc(-n2nccn2)c1. The van der Waals surface area contributed by atoms with Crippen LogP contribution < -0.4 is 5.73 Å². The molecule has 1 aromatic carbocycles. The highest BCUT2D eigenvalue weighted by Crippen LogP contribution is 2.07. The van der Waals surface area contributed by atoms with Crippen molar-refractivity contribution in [3.8, 4) is 5.69 Å². The van der Waals surface area contributed by atoms with Gasteiger partial charge in [-0.25, -0.2) is 0 Å². The molecule has 0 saturated heterocycles. The Hall–Kier alpha value is -1.68. The standard InChI is InChI=1S/C9H10N4/c10-7-8-2-1-3-9(6-8)13-11-4-5-12-13/h1-6H,7,10H2. The Morgan fingerprint density at radius 3 is 2.69 bits per heavy atom. The minimum absolute atomic E-state index is 0.537. The van der Waals surface area contributed by atoms with E-state index in [0.29, 0.717) is 6.54 Å². The number of hydrogen-bond donors (Lipinski definition) is 1. The van der Waals surface area contributed by atoms with Gasteiger partial charge in [0.1, 0.15) is 0 Å². The van der Waals surface area contributed by atoms with Crippen molar-refractivity contribution in [3.05, 3.63) is 42.2 Å². The van der Waals surface area contributed by atoms with Crippen molar-refractivity contribution in [2.75, 3.05) is 0 Å². The zero-order valence-corrected chi connectivity index (χ0v) is 7.09. The molecule has 0 radical (unpaired) electrons. The molecule has 0 amide bonds. The Balaban J connectivity index is 2.41. The molecule has 0 spiro atoms. The van der Waals surface area contributed by atoms with Crippen LogP contribution in [0, 0.1) is 0 Å². The molecule has 66 valence electrons. The molecular formula is C9H10N4. The largest absolute Gasteiger partial charge is 0.326 e. The first-order valence-corrected chi connectivity index (χ1v) is 4.06. The Bertz CT molecular complexity index is 380. The van der Waals surface area contributed by atoms with Gasteiger partial charge in [0, 0.05) is 6.54 Å². The summed E-state index contributed by atoms with van der Waals surface area (Å²) >= 11 is 0. The van der Waals surface area contributed by atoms with Crippen LogP contribution in [0.1, 0.15) is 5.56 Å². The van der Waals surface area contributed by atoms with E-state index in [-0.39, 0.29) is 0 Å². The van der Waals surface area contributed by atoms with Gasteiger partial charge >= 0.3 is 0 Å². The van der Waals surface area contributed by atoms with Crippen molar-refractivity contribution in [1.29, 1.82) is 0 Å². The summed E-state index contributed by atoms with van der Waals surface area (Å²) in [7, 11) is 0. The molecule has 13 heavy (non-hydrogen) atoms. The molecule has 0 fully saturated rings. The van der Waals surface area contributed by atoms with Crippen LogP contribution in [-0.2, 0) is 6.54 Å². The summed E-state index contributed by atoms with van der Waals surface area (Å²) in [6.45, 7) is 0.537. The molecule has 0 unspecified atom stereocenters. The first kappa shape index (κ1) is 7.94. The fourth-order valence-corrected chi connectivity index (χ4v) is 1.16. The van der Waals surface area contributed by atoms with Crippen LogP contribution in [-0.4, -0.2) is 15.0 Å². The predicted molar refractivity (Wildman–Crippen MR) is 49.3 cm³/mol. The van der Waals surface area contributed by atoms with E-state index in [0.717, 1.165) is 11.3 Å². The highest BCUT2D eigenvalue weighted by atomic mass is 15.5. The number of nitrogens with zero attached hydrogens (tertiary/aromatic N) is 3. The minimum atomic E-state index is 0.537. The van der Waals surface area contributed by atoms with Crippen LogP contribution in [0.4, 0.5) is 0 Å². The van der Waals surface area contributed by atoms with E-state index in [9.17, 15) is 0 Å². The highest BCUT2D eigenvalue weighted by Gasteiger charge is 1.97. The van der Waals surface area contributed by atoms with Gasteiger partial charge in [-0.15, -0.1) is 0 Å². The maximum absolute atomic E-state index is 5.52. The third-order valence-corrected chi connectivity index (χ3v) is 1.80. The Kier molecular flexibility index (Phi) is 2.06. The fraction of sp³-hybridized carbons (Fsp3) is 0.111. The van der Waals surface area contributed by atoms with E-state index in [4.69, 9.17) is 5.73 Å². The topological polar surface area (TPSA) is 56.7 Å². The molecule has 2 rings (SSSR count). The maximum Gasteiger partial charge on any atom is 0.0859 e. The number of hydrogen-bond acceptors (Lipinski definition) is 3. The molecule has 0 aliphatic carbocycles. The minimum Gasteiger partial charge on any atom is -0.326 e. The molecule has 1 aromatic heterocycles. The summed E-state index contributed by atoms with van der Waals surface area (Å²) in [5.74, 6) is 0. The molecule has 2 aromatic rings. The second-order valence-corrected chi connectivity index (χ2v) is 2.69. The summed E-state index contributed by atoms with van der Waals surface area (Å²) in [6.07, 6.45) is 3.30. The Labute approximate surface area is 76.0 Å². The van der Waals surface area contributed by atoms with E-state index in [1.54, 1.807) is 17.2 Å². The second kappa shape index (κ2) is 3.37. The van der Waals surface area contributed by atoms with Crippen molar-refractivity contribution < 1.29 is 0 Å². The fourth-order valence-electron chi connectivity index (χ4n) is 1.16. The van der Waals surface area contributed by atoms with Crippen LogP contribution >= 0.6 is 0 Å². The third kappa shape index (κ3) is 1.57. The summed E-state index contributed by atoms with van der Waals surface area (Å²) in [4.78, 5) is 1.57. The van der Waals surface area contributed by atoms with Crippen molar-refractivity contribution in [1.82, 2.24) is 15.0 Å². The Morgan fingerprint density at radius 1 is 1.23 bits per heavy atom. The van der Waals surface area contributed by atoms with Gasteiger partial charge in [-0.2, -0.15) is 15.0 Å². The average molecular weight is 174 g/mol. The number of aromatic nitrogens is 3. The zero-order chi connectivity index (χ0) is 9.10. The molecule has 0 atom stereocenters. The van der Waals surface area contributed by atoms with Crippen molar-refractivity contribution in [2.45, 2.75) is 6.54 Å². The second-order valence-electron chi connectivity index (χ2n) is 2.69. The van der Waals surface area contributed by atoms with E-state index >= 15 is 0 Å². The Morgan fingerprint density at radius 2 is 2.00 bits per heavy atom. The van der Waals surface area contributed by atoms with Gasteiger partial charge in [-0.3, -0.25) is 0 Å². The predicted octanol–water partition coefficient (Wildman–Crippen LogP) is 0.726. The molecule has 0 bridgehead atoms. The van der Waals surface area contributed by atoms with Gasteiger partial charge in [0.25, 0.3) is 0 Å². The molecule has 0 aliphatic heterocycles. The summed E-state index contributed by atoms with van der Waals surface area (Å²) in [6, 6.07) is 7.84. The van der Waals surface area contributed by atoms with Crippen LogP contribution in [0.2, 0.25) is 0 Å². The van der Waals surface area contributed by atoms with Crippen LogP contribution in [0.15, 0.2) is 36.7 Å². The summed E-state index contributed by atoms with van der Waals surface area (Å²) in [5.41, 5.74) is 7.54. The van der Waals surface area contributed by atoms with Gasteiger partial charge in [0.05, 0.1) is 18.1 Å². The molecular weight excluding hydrogens is 164 g/mol. The quantitative estimate of drug-likeness (QED) is 0.730. The number of benzene rings is 1. The number of rotatable bonds is 2. The highest BCUT2D eigenvalue weighted by molar-refractivity contribution is 5.33. The average Bonchev–Trinajstić information content (AvgIpc) is 2.71. The summed E-state index contributed by atoms with van der Waals surface area (Å²) in [5, 5.41) is 8.05. The van der Waals surface area contributed by atoms with E-state index < -0.39 is 0 Å². The van der Waals surface area contributed by atoms with Crippen LogP contribution in [0.5, 0.6) is 0 Å². The molecule has 0 aliphatic rings. The monoisotopic (exact) mass is 174 g/mol. The first-order chi connectivity index (χ1) is 6.40. The molecule has 1 heterocycles. The molecule has 4 nitrogen and oxygen atoms in total. The van der Waals surface area contributed by atoms with Crippen LogP contribution in [0.3, 0.4) is 0 Å². The first-order valence-electron chi connectivity index (χ1n) is 4.06. The van der Waals surface area contributed by atoms with E-state index in [2.05, 4.69) is 10.2 Å². The smallest absolute Gasteiger partial charge is 0.0859 e. The normalized spacial score (nSPS) is 10.2. The lowest BCUT2D eigenvalue weighted by atomic mass is 10.2. The lowest BCUT2D eigenvalue weighted by Crippen LogP contribution is -2.01. The zero-order valence-electron chi connectivity index (χ0n) is 7.09. The van der Waals surface area contributed by atoms with Crippen molar-refractivity contribution in [3.63, 3.8) is 0 Å². The van der Waals surface area contributed by atoms with Crippen molar-refractivity contribution >= 4 is 0 Å².